The van der Waals surface area contributed by atoms with Crippen LogP contribution < -0.4 is 0 Å². The maximum Gasteiger partial charge on any atom is 0.0540 e. The normalized spacial score (nSPS) is 7.80. The van der Waals surface area contributed by atoms with Crippen LogP contribution in [0, 0.1) is 23.7 Å². The fourth-order valence-corrected chi connectivity index (χ4v) is 0.324. The lowest BCUT2D eigenvalue weighted by atomic mass is 10.4. The highest BCUT2D eigenvalue weighted by Gasteiger charge is 1.66. The Kier molecular flexibility index (Phi) is 6.90. The molecule has 10 heavy (non-hydrogen) atoms. The number of hydrogen-bond acceptors (Lipinski definition) is 1. The van der Waals surface area contributed by atoms with Crippen molar-refractivity contribution in [3.63, 3.8) is 0 Å². The summed E-state index contributed by atoms with van der Waals surface area (Å²) in [6.07, 6.45) is 4.08. The van der Waals surface area contributed by atoms with Crippen LogP contribution in [0.25, 0.3) is 0 Å². The van der Waals surface area contributed by atoms with E-state index in [-0.39, 0.29) is 6.61 Å². The zero-order valence-electron chi connectivity index (χ0n) is 6.02. The van der Waals surface area contributed by atoms with Crippen molar-refractivity contribution >= 4 is 0 Å². The molecule has 1 heteroatoms. The van der Waals surface area contributed by atoms with Crippen LogP contribution in [0.15, 0.2) is 12.2 Å². The van der Waals surface area contributed by atoms with Crippen molar-refractivity contribution in [3.05, 3.63) is 12.2 Å². The van der Waals surface area contributed by atoms with E-state index in [1.54, 1.807) is 6.08 Å². The quantitative estimate of drug-likeness (QED) is 0.529. The second-order valence-electron chi connectivity index (χ2n) is 1.54. The van der Waals surface area contributed by atoms with Crippen LogP contribution in [0.1, 0.15) is 13.3 Å². The zero-order chi connectivity index (χ0) is 7.66. The first-order valence-corrected chi connectivity index (χ1v) is 3.12. The Morgan fingerprint density at radius 1 is 1.40 bits per heavy atom. The van der Waals surface area contributed by atoms with Crippen LogP contribution in [0.5, 0.6) is 0 Å². The van der Waals surface area contributed by atoms with Crippen molar-refractivity contribution in [2.75, 3.05) is 6.61 Å². The van der Waals surface area contributed by atoms with E-state index in [0.717, 1.165) is 0 Å². The Morgan fingerprint density at radius 3 is 2.80 bits per heavy atom. The van der Waals surface area contributed by atoms with Crippen molar-refractivity contribution in [2.24, 2.45) is 0 Å². The van der Waals surface area contributed by atoms with Crippen LogP contribution in [0.4, 0.5) is 0 Å². The molecular weight excluding hydrogens is 124 g/mol. The number of aliphatic hydroxyl groups excluding tert-OH is 1. The molecule has 0 aliphatic heterocycles. The van der Waals surface area contributed by atoms with Gasteiger partial charge >= 0.3 is 0 Å². The number of rotatable bonds is 1. The summed E-state index contributed by atoms with van der Waals surface area (Å²) in [7, 11) is 0. The highest BCUT2D eigenvalue weighted by atomic mass is 16.2. The molecule has 0 rings (SSSR count). The van der Waals surface area contributed by atoms with Crippen LogP contribution in [0.2, 0.25) is 0 Å². The highest BCUT2D eigenvalue weighted by Crippen LogP contribution is 1.68. The largest absolute Gasteiger partial charge is 0.395 e. The monoisotopic (exact) mass is 134 g/mol. The average Bonchev–Trinajstić information content (AvgIpc) is 1.97. The van der Waals surface area contributed by atoms with E-state index < -0.39 is 0 Å². The topological polar surface area (TPSA) is 20.2 Å². The first-order chi connectivity index (χ1) is 4.91. The number of hydrogen-bond donors (Lipinski definition) is 1. The predicted molar refractivity (Wildman–Crippen MR) is 42.1 cm³/mol. The van der Waals surface area contributed by atoms with Gasteiger partial charge in [0.25, 0.3) is 0 Å². The smallest absolute Gasteiger partial charge is 0.0540 e. The van der Waals surface area contributed by atoms with E-state index in [1.165, 1.54) is 0 Å². The Bertz CT molecular complexity index is 204. The van der Waals surface area contributed by atoms with Crippen LogP contribution in [-0.4, -0.2) is 11.7 Å². The maximum atomic E-state index is 8.30. The van der Waals surface area contributed by atoms with Gasteiger partial charge in [0.1, 0.15) is 0 Å². The molecule has 0 spiro atoms. The molecular formula is C9H10O. The molecule has 0 atom stereocenters. The Labute approximate surface area is 61.8 Å². The average molecular weight is 134 g/mol. The fourth-order valence-electron chi connectivity index (χ4n) is 0.324. The predicted octanol–water partition coefficient (Wildman–Crippen LogP) is 0.952. The Morgan fingerprint density at radius 2 is 2.20 bits per heavy atom. The molecule has 0 saturated carbocycles. The first-order valence-electron chi connectivity index (χ1n) is 3.12. The molecule has 1 N–H and O–H groups in total. The second-order valence-corrected chi connectivity index (χ2v) is 1.54. The van der Waals surface area contributed by atoms with E-state index in [9.17, 15) is 0 Å². The van der Waals surface area contributed by atoms with Crippen molar-refractivity contribution < 1.29 is 5.11 Å². The van der Waals surface area contributed by atoms with E-state index in [2.05, 4.69) is 23.7 Å². The summed E-state index contributed by atoms with van der Waals surface area (Å²) in [5.41, 5.74) is 0. The summed E-state index contributed by atoms with van der Waals surface area (Å²) in [4.78, 5) is 0. The minimum absolute atomic E-state index is 0.109. The van der Waals surface area contributed by atoms with Gasteiger partial charge in [0.15, 0.2) is 0 Å². The van der Waals surface area contributed by atoms with Gasteiger partial charge in [-0.1, -0.05) is 17.9 Å². The molecule has 0 aliphatic carbocycles. The molecule has 0 bridgehead atoms. The summed E-state index contributed by atoms with van der Waals surface area (Å²) >= 11 is 0. The number of allylic oxidation sites excluding steroid dienone is 2. The zero-order valence-corrected chi connectivity index (χ0v) is 6.02. The van der Waals surface area contributed by atoms with Gasteiger partial charge in [-0.2, -0.15) is 0 Å². The summed E-state index contributed by atoms with van der Waals surface area (Å²) in [5.74, 6) is 10.6. The highest BCUT2D eigenvalue weighted by molar-refractivity contribution is 5.30. The number of aliphatic hydroxyl groups is 1. The lowest BCUT2D eigenvalue weighted by molar-refractivity contribution is 0.305. The summed E-state index contributed by atoms with van der Waals surface area (Å²) < 4.78 is 0. The first kappa shape index (κ1) is 8.82. The minimum Gasteiger partial charge on any atom is -0.395 e. The molecule has 0 aliphatic rings. The van der Waals surface area contributed by atoms with E-state index in [4.69, 9.17) is 5.11 Å². The van der Waals surface area contributed by atoms with Gasteiger partial charge in [-0.25, -0.2) is 0 Å². The van der Waals surface area contributed by atoms with Crippen molar-refractivity contribution in [2.45, 2.75) is 13.3 Å². The minimum atomic E-state index is 0.109. The van der Waals surface area contributed by atoms with E-state index in [0.29, 0.717) is 6.42 Å². The third-order valence-electron chi connectivity index (χ3n) is 0.710. The molecule has 0 unspecified atom stereocenters. The van der Waals surface area contributed by atoms with Gasteiger partial charge < -0.3 is 5.11 Å². The molecule has 0 heterocycles. The van der Waals surface area contributed by atoms with Gasteiger partial charge in [-0.3, -0.25) is 0 Å². The molecule has 0 aromatic carbocycles. The van der Waals surface area contributed by atoms with Gasteiger partial charge in [-0.15, -0.1) is 0 Å². The van der Waals surface area contributed by atoms with Gasteiger partial charge in [-0.05, 0) is 24.8 Å². The maximum absolute atomic E-state index is 8.30. The third-order valence-corrected chi connectivity index (χ3v) is 0.710. The van der Waals surface area contributed by atoms with E-state index >= 15 is 0 Å². The van der Waals surface area contributed by atoms with E-state index in [1.807, 2.05) is 13.0 Å². The summed E-state index contributed by atoms with van der Waals surface area (Å²) in [6, 6.07) is 0. The summed E-state index contributed by atoms with van der Waals surface area (Å²) in [5, 5.41) is 8.30. The molecule has 0 aromatic rings. The van der Waals surface area contributed by atoms with Gasteiger partial charge in [0, 0.05) is 6.42 Å². The lowest BCUT2D eigenvalue weighted by Gasteiger charge is -1.72. The van der Waals surface area contributed by atoms with Crippen LogP contribution >= 0.6 is 0 Å². The molecule has 0 aromatic heterocycles. The van der Waals surface area contributed by atoms with Gasteiger partial charge in [0.05, 0.1) is 6.61 Å². The van der Waals surface area contributed by atoms with Gasteiger partial charge in [0.2, 0.25) is 0 Å². The SMILES string of the molecule is C/C=C/C#CC#CCCO. The molecule has 0 saturated heterocycles. The van der Waals surface area contributed by atoms with Crippen molar-refractivity contribution in [1.82, 2.24) is 0 Å². The van der Waals surface area contributed by atoms with Crippen LogP contribution in [-0.2, 0) is 0 Å². The Balaban J connectivity index is 3.56. The lowest BCUT2D eigenvalue weighted by Crippen LogP contribution is -1.74. The van der Waals surface area contributed by atoms with Crippen molar-refractivity contribution in [1.29, 1.82) is 0 Å². The fraction of sp³-hybridized carbons (Fsp3) is 0.333. The molecule has 52 valence electrons. The molecule has 1 nitrogen and oxygen atoms in total. The summed E-state index contributed by atoms with van der Waals surface area (Å²) in [6.45, 7) is 2.01. The molecule has 0 amide bonds. The third kappa shape index (κ3) is 6.82. The Hall–Kier alpha value is -1.18. The standard InChI is InChI=1S/C9H10O/c1-2-3-4-5-6-7-8-9-10/h2-3,10H,8-9H2,1H3/b3-2+. The van der Waals surface area contributed by atoms with Crippen molar-refractivity contribution in [3.8, 4) is 23.7 Å². The molecule has 0 fully saturated rings. The van der Waals surface area contributed by atoms with Crippen LogP contribution in [0.3, 0.4) is 0 Å². The second kappa shape index (κ2) is 7.82. The molecule has 0 radical (unpaired) electrons.